The van der Waals surface area contributed by atoms with Gasteiger partial charge in [0.1, 0.15) is 5.82 Å². The van der Waals surface area contributed by atoms with Crippen molar-refractivity contribution in [1.82, 2.24) is 21.1 Å². The molecule has 3 N–H and O–H groups in total. The molecular weight excluding hydrogens is 361 g/mol. The van der Waals surface area contributed by atoms with Gasteiger partial charge in [-0.25, -0.2) is 14.6 Å². The number of anilines is 1. The number of nitrogens with zero attached hydrogens (tertiary/aromatic N) is 2. The van der Waals surface area contributed by atoms with Crippen LogP contribution in [0.15, 0.2) is 54.6 Å². The minimum atomic E-state index is -0.471. The van der Waals surface area contributed by atoms with Gasteiger partial charge in [-0.1, -0.05) is 42.5 Å². The van der Waals surface area contributed by atoms with Gasteiger partial charge < -0.3 is 10.2 Å². The molecule has 1 saturated heterocycles. The molecule has 0 unspecified atom stereocenters. The Morgan fingerprint density at radius 3 is 2.29 bits per heavy atom. The average molecular weight is 385 g/mol. The number of hydrazine groups is 1. The summed E-state index contributed by atoms with van der Waals surface area (Å²) in [5, 5.41) is 2.67. The van der Waals surface area contributed by atoms with Crippen LogP contribution in [-0.4, -0.2) is 49.6 Å². The monoisotopic (exact) mass is 385 g/mol. The molecule has 0 aliphatic carbocycles. The first-order valence-corrected chi connectivity index (χ1v) is 9.20. The number of rotatable bonds is 5. The molecule has 0 bridgehead atoms. The van der Waals surface area contributed by atoms with Crippen LogP contribution in [0.2, 0.25) is 0 Å². The number of carbonyl (C=O) groups is 2. The van der Waals surface area contributed by atoms with Crippen LogP contribution in [0.4, 0.5) is 14.9 Å². The van der Waals surface area contributed by atoms with E-state index in [0.717, 1.165) is 5.56 Å². The molecule has 0 spiro atoms. The third kappa shape index (κ3) is 5.68. The van der Waals surface area contributed by atoms with E-state index < -0.39 is 6.03 Å². The Bertz CT molecular complexity index is 794. The predicted molar refractivity (Wildman–Crippen MR) is 105 cm³/mol. The van der Waals surface area contributed by atoms with Crippen molar-refractivity contribution >= 4 is 17.6 Å². The minimum absolute atomic E-state index is 0.171. The molecule has 2 aromatic rings. The second kappa shape index (κ2) is 9.70. The number of urea groups is 1. The highest BCUT2D eigenvalue weighted by molar-refractivity contribution is 5.82. The van der Waals surface area contributed by atoms with Crippen molar-refractivity contribution < 1.29 is 14.0 Å². The van der Waals surface area contributed by atoms with Crippen LogP contribution in [-0.2, 0) is 11.3 Å². The summed E-state index contributed by atoms with van der Waals surface area (Å²) in [7, 11) is 0. The molecule has 1 fully saturated rings. The molecule has 2 aromatic carbocycles. The van der Waals surface area contributed by atoms with Crippen molar-refractivity contribution in [2.45, 2.75) is 6.54 Å². The Kier molecular flexibility index (Phi) is 6.80. The van der Waals surface area contributed by atoms with E-state index in [1.54, 1.807) is 12.1 Å². The van der Waals surface area contributed by atoms with Gasteiger partial charge in [0, 0.05) is 32.7 Å². The first-order chi connectivity index (χ1) is 13.6. The van der Waals surface area contributed by atoms with Crippen LogP contribution in [0.3, 0.4) is 0 Å². The third-order valence-electron chi connectivity index (χ3n) is 4.54. The molecule has 7 nitrogen and oxygen atoms in total. The lowest BCUT2D eigenvalue weighted by atomic mass is 10.2. The van der Waals surface area contributed by atoms with E-state index in [2.05, 4.69) is 16.2 Å². The lowest BCUT2D eigenvalue weighted by Crippen LogP contribution is -2.53. The maximum atomic E-state index is 13.9. The number of piperazine rings is 1. The van der Waals surface area contributed by atoms with E-state index in [-0.39, 0.29) is 18.3 Å². The Balaban J connectivity index is 1.34. The Hall–Kier alpha value is -3.13. The van der Waals surface area contributed by atoms with Gasteiger partial charge >= 0.3 is 6.03 Å². The van der Waals surface area contributed by atoms with Crippen LogP contribution >= 0.6 is 0 Å². The number of carbonyl (C=O) groups excluding carboxylic acids is 2. The van der Waals surface area contributed by atoms with Crippen LogP contribution in [0.1, 0.15) is 5.56 Å². The Morgan fingerprint density at radius 1 is 0.893 bits per heavy atom. The number of para-hydroxylation sites is 1. The van der Waals surface area contributed by atoms with Gasteiger partial charge in [0.2, 0.25) is 0 Å². The number of hydrogen-bond donors (Lipinski definition) is 3. The quantitative estimate of drug-likeness (QED) is 0.682. The van der Waals surface area contributed by atoms with Gasteiger partial charge in [0.15, 0.2) is 0 Å². The Labute approximate surface area is 163 Å². The summed E-state index contributed by atoms with van der Waals surface area (Å²) in [6.07, 6.45) is 0. The van der Waals surface area contributed by atoms with Gasteiger partial charge in [0.05, 0.1) is 12.2 Å². The zero-order chi connectivity index (χ0) is 19.8. The van der Waals surface area contributed by atoms with Crippen LogP contribution < -0.4 is 21.1 Å². The fraction of sp³-hybridized carbons (Fsp3) is 0.300. The topological polar surface area (TPSA) is 76.7 Å². The normalized spacial score (nSPS) is 14.4. The average Bonchev–Trinajstić information content (AvgIpc) is 2.72. The van der Waals surface area contributed by atoms with Crippen molar-refractivity contribution in [3.05, 3.63) is 66.0 Å². The maximum Gasteiger partial charge on any atom is 0.333 e. The first-order valence-electron chi connectivity index (χ1n) is 9.20. The second-order valence-corrected chi connectivity index (χ2v) is 6.56. The Morgan fingerprint density at radius 2 is 1.57 bits per heavy atom. The second-order valence-electron chi connectivity index (χ2n) is 6.56. The van der Waals surface area contributed by atoms with Crippen molar-refractivity contribution in [1.29, 1.82) is 0 Å². The lowest BCUT2D eigenvalue weighted by molar-refractivity contribution is -0.123. The molecule has 148 valence electrons. The molecule has 1 heterocycles. The summed E-state index contributed by atoms with van der Waals surface area (Å²) in [5.74, 6) is -0.534. The molecule has 28 heavy (non-hydrogen) atoms. The van der Waals surface area contributed by atoms with Crippen molar-refractivity contribution in [3.8, 4) is 0 Å². The largest absolute Gasteiger partial charge is 0.367 e. The van der Waals surface area contributed by atoms with Gasteiger partial charge in [-0.3, -0.25) is 15.1 Å². The highest BCUT2D eigenvalue weighted by Gasteiger charge is 2.20. The van der Waals surface area contributed by atoms with Crippen molar-refractivity contribution in [2.75, 3.05) is 37.6 Å². The molecule has 0 saturated carbocycles. The zero-order valence-electron chi connectivity index (χ0n) is 15.5. The van der Waals surface area contributed by atoms with Gasteiger partial charge in [-0.15, -0.1) is 0 Å². The van der Waals surface area contributed by atoms with Gasteiger partial charge in [-0.2, -0.15) is 0 Å². The van der Waals surface area contributed by atoms with E-state index in [1.165, 1.54) is 6.07 Å². The summed E-state index contributed by atoms with van der Waals surface area (Å²) in [6, 6.07) is 15.7. The smallest absolute Gasteiger partial charge is 0.333 e. The summed E-state index contributed by atoms with van der Waals surface area (Å²) in [6.45, 7) is 3.10. The molecule has 0 radical (unpaired) electrons. The number of hydrogen-bond acceptors (Lipinski definition) is 4. The molecule has 8 heteroatoms. The molecule has 0 aromatic heterocycles. The minimum Gasteiger partial charge on any atom is -0.367 e. The highest BCUT2D eigenvalue weighted by Crippen LogP contribution is 2.19. The van der Waals surface area contributed by atoms with Gasteiger partial charge in [0.25, 0.3) is 5.91 Å². The predicted octanol–water partition coefficient (Wildman–Crippen LogP) is 1.48. The molecule has 0 atom stereocenters. The number of benzene rings is 2. The zero-order valence-corrected chi connectivity index (χ0v) is 15.5. The molecular formula is C20H24FN5O2. The van der Waals surface area contributed by atoms with Gasteiger partial charge in [-0.05, 0) is 17.7 Å². The van der Waals surface area contributed by atoms with E-state index in [0.29, 0.717) is 38.4 Å². The number of nitrogens with one attached hydrogen (secondary N) is 3. The fourth-order valence-corrected chi connectivity index (χ4v) is 3.05. The standard InChI is InChI=1S/C20H24FN5O2/c21-17-8-4-5-9-18(17)26-12-10-25(11-13-26)15-19(27)23-24-20(28)22-14-16-6-2-1-3-7-16/h1-9H,10-15H2,(H,23,27)(H2,22,24,28). The first kappa shape index (κ1) is 19.6. The SMILES string of the molecule is O=C(CN1CCN(c2ccccc2F)CC1)NNC(=O)NCc1ccccc1. The number of halogens is 1. The summed E-state index contributed by atoms with van der Waals surface area (Å²) >= 11 is 0. The van der Waals surface area contributed by atoms with E-state index in [1.807, 2.05) is 46.2 Å². The van der Waals surface area contributed by atoms with Crippen molar-refractivity contribution in [3.63, 3.8) is 0 Å². The van der Waals surface area contributed by atoms with E-state index in [9.17, 15) is 14.0 Å². The molecule has 3 amide bonds. The van der Waals surface area contributed by atoms with Crippen LogP contribution in [0.5, 0.6) is 0 Å². The number of amides is 3. The molecule has 1 aliphatic rings. The fourth-order valence-electron chi connectivity index (χ4n) is 3.05. The summed E-state index contributed by atoms with van der Waals surface area (Å²) in [4.78, 5) is 27.7. The molecule has 3 rings (SSSR count). The third-order valence-corrected chi connectivity index (χ3v) is 4.54. The summed E-state index contributed by atoms with van der Waals surface area (Å²) in [5.41, 5.74) is 6.31. The highest BCUT2D eigenvalue weighted by atomic mass is 19.1. The molecule has 1 aliphatic heterocycles. The maximum absolute atomic E-state index is 13.9. The van der Waals surface area contributed by atoms with Crippen molar-refractivity contribution in [2.24, 2.45) is 0 Å². The summed E-state index contributed by atoms with van der Waals surface area (Å²) < 4.78 is 13.9. The van der Waals surface area contributed by atoms with Crippen LogP contribution in [0, 0.1) is 5.82 Å². The van der Waals surface area contributed by atoms with Crippen LogP contribution in [0.25, 0.3) is 0 Å². The van der Waals surface area contributed by atoms with E-state index >= 15 is 0 Å². The van der Waals surface area contributed by atoms with E-state index in [4.69, 9.17) is 0 Å². The lowest BCUT2D eigenvalue weighted by Gasteiger charge is -2.35.